The van der Waals surface area contributed by atoms with Gasteiger partial charge in [-0.25, -0.2) is 9.78 Å². The number of nitrogens with one attached hydrogen (secondary N) is 3. The zero-order valence-electron chi connectivity index (χ0n) is 14.9. The van der Waals surface area contributed by atoms with Crippen LogP contribution in [0.2, 0.25) is 0 Å². The van der Waals surface area contributed by atoms with Crippen molar-refractivity contribution in [3.8, 4) is 5.88 Å². The first-order valence-corrected chi connectivity index (χ1v) is 9.29. The summed E-state index contributed by atoms with van der Waals surface area (Å²) in [7, 11) is 0. The Labute approximate surface area is 153 Å². The zero-order valence-corrected chi connectivity index (χ0v) is 14.9. The summed E-state index contributed by atoms with van der Waals surface area (Å²) < 4.78 is 1.71. The molecule has 0 aliphatic heterocycles. The van der Waals surface area contributed by atoms with Crippen LogP contribution < -0.4 is 21.7 Å². The van der Waals surface area contributed by atoms with Gasteiger partial charge in [-0.3, -0.25) is 9.98 Å². The highest BCUT2D eigenvalue weighted by molar-refractivity contribution is 5.58. The van der Waals surface area contributed by atoms with E-state index in [1.54, 1.807) is 16.8 Å². The first-order valence-electron chi connectivity index (χ1n) is 9.29. The molecular formula is C18H21N7O2. The van der Waals surface area contributed by atoms with E-state index in [4.69, 9.17) is 9.98 Å². The van der Waals surface area contributed by atoms with Gasteiger partial charge in [-0.15, -0.1) is 0 Å². The van der Waals surface area contributed by atoms with Crippen LogP contribution in [-0.2, 0) is 0 Å². The highest BCUT2D eigenvalue weighted by Gasteiger charge is 2.28. The van der Waals surface area contributed by atoms with Crippen LogP contribution in [0.1, 0.15) is 38.3 Å². The smallest absolute Gasteiger partial charge is 0.326 e. The van der Waals surface area contributed by atoms with Crippen molar-refractivity contribution >= 4 is 17.5 Å². The van der Waals surface area contributed by atoms with Crippen LogP contribution in [0.3, 0.4) is 0 Å². The number of aromatic nitrogens is 5. The highest BCUT2D eigenvalue weighted by atomic mass is 16.3. The normalized spacial score (nSPS) is 19.7. The minimum atomic E-state index is -0.465. The van der Waals surface area contributed by atoms with Crippen molar-refractivity contribution in [2.24, 2.45) is 10.9 Å². The topological polar surface area (TPSA) is 123 Å². The third-order valence-electron chi connectivity index (χ3n) is 5.08. The van der Waals surface area contributed by atoms with Gasteiger partial charge in [0.2, 0.25) is 5.88 Å². The maximum absolute atomic E-state index is 11.4. The molecule has 0 spiro atoms. The molecule has 27 heavy (non-hydrogen) atoms. The molecule has 2 aliphatic rings. The quantitative estimate of drug-likeness (QED) is 0.515. The van der Waals surface area contributed by atoms with Gasteiger partial charge in [-0.1, -0.05) is 0 Å². The van der Waals surface area contributed by atoms with Crippen molar-refractivity contribution < 1.29 is 5.11 Å². The Hall–Kier alpha value is -3.10. The predicted molar refractivity (Wildman–Crippen MR) is 99.2 cm³/mol. The van der Waals surface area contributed by atoms with Gasteiger partial charge in [-0.2, -0.15) is 9.61 Å². The van der Waals surface area contributed by atoms with E-state index in [2.05, 4.69) is 27.3 Å². The maximum atomic E-state index is 11.4. The SMILES string of the molecule is C[C@@H](Nc1cc(=NC2CC2)n2nc/c(=C/c3[nH]c(=O)[nH]c3O)c2n1)C1CC1. The lowest BCUT2D eigenvalue weighted by Gasteiger charge is -2.13. The van der Waals surface area contributed by atoms with Crippen molar-refractivity contribution in [2.45, 2.75) is 44.7 Å². The van der Waals surface area contributed by atoms with Crippen LogP contribution in [0.5, 0.6) is 5.88 Å². The molecule has 2 fully saturated rings. The van der Waals surface area contributed by atoms with E-state index < -0.39 is 5.69 Å². The average molecular weight is 367 g/mol. The molecule has 5 rings (SSSR count). The van der Waals surface area contributed by atoms with Crippen LogP contribution >= 0.6 is 0 Å². The number of H-pyrrole nitrogens is 2. The number of hydrogen-bond donors (Lipinski definition) is 4. The highest BCUT2D eigenvalue weighted by Crippen LogP contribution is 2.33. The Morgan fingerprint density at radius 2 is 2.19 bits per heavy atom. The van der Waals surface area contributed by atoms with E-state index in [0.717, 1.165) is 24.1 Å². The van der Waals surface area contributed by atoms with Gasteiger partial charge in [0.25, 0.3) is 0 Å². The average Bonchev–Trinajstić information content (AvgIpc) is 3.53. The fraction of sp³-hybridized carbons (Fsp3) is 0.444. The number of aromatic amines is 2. The van der Waals surface area contributed by atoms with Crippen molar-refractivity contribution in [3.05, 3.63) is 39.1 Å². The second-order valence-corrected chi connectivity index (χ2v) is 7.45. The second-order valence-electron chi connectivity index (χ2n) is 7.45. The summed E-state index contributed by atoms with van der Waals surface area (Å²) in [6.07, 6.45) is 8.02. The first-order chi connectivity index (χ1) is 13.1. The van der Waals surface area contributed by atoms with Gasteiger partial charge in [0.05, 0.1) is 12.2 Å². The molecule has 4 N–H and O–H groups in total. The molecule has 3 aromatic rings. The summed E-state index contributed by atoms with van der Waals surface area (Å²) >= 11 is 0. The lowest BCUT2D eigenvalue weighted by atomic mass is 10.2. The lowest BCUT2D eigenvalue weighted by Crippen LogP contribution is -2.24. The molecule has 2 aliphatic carbocycles. The summed E-state index contributed by atoms with van der Waals surface area (Å²) in [5.41, 5.74) is 1.22. The molecule has 0 amide bonds. The summed E-state index contributed by atoms with van der Waals surface area (Å²) in [4.78, 5) is 25.7. The molecule has 2 saturated carbocycles. The minimum absolute atomic E-state index is 0.209. The maximum Gasteiger partial charge on any atom is 0.326 e. The Balaban J connectivity index is 1.66. The summed E-state index contributed by atoms with van der Waals surface area (Å²) in [5, 5.41) is 18.4. The molecule has 9 heteroatoms. The number of anilines is 1. The summed E-state index contributed by atoms with van der Waals surface area (Å²) in [6.45, 7) is 2.17. The fourth-order valence-electron chi connectivity index (χ4n) is 3.22. The lowest BCUT2D eigenvalue weighted by molar-refractivity contribution is 0.454. The number of nitrogens with zero attached hydrogens (tertiary/aromatic N) is 4. The van der Waals surface area contributed by atoms with Crippen molar-refractivity contribution in [1.29, 1.82) is 0 Å². The number of imidazole rings is 1. The Bertz CT molecular complexity index is 1180. The number of rotatable bonds is 5. The molecule has 3 heterocycles. The molecule has 0 unspecified atom stereocenters. The third kappa shape index (κ3) is 3.20. The number of hydrogen-bond acceptors (Lipinski definition) is 6. The molecule has 3 aromatic heterocycles. The van der Waals surface area contributed by atoms with E-state index in [0.29, 0.717) is 34.6 Å². The van der Waals surface area contributed by atoms with Gasteiger partial charge in [0.1, 0.15) is 11.5 Å². The fourth-order valence-corrected chi connectivity index (χ4v) is 3.22. The van der Waals surface area contributed by atoms with E-state index in [1.165, 1.54) is 12.8 Å². The first kappa shape index (κ1) is 16.1. The second kappa shape index (κ2) is 5.97. The Morgan fingerprint density at radius 1 is 1.37 bits per heavy atom. The monoisotopic (exact) mass is 367 g/mol. The van der Waals surface area contributed by atoms with Crippen LogP contribution in [-0.4, -0.2) is 41.8 Å². The number of aromatic hydroxyl groups is 1. The van der Waals surface area contributed by atoms with Crippen molar-refractivity contribution in [3.63, 3.8) is 0 Å². The standard InChI is InChI=1S/C18H21N7O2/c1-9(10-2-3-10)20-14-7-15(21-12-4-5-12)25-16(23-14)11(8-19-25)6-13-17(26)24-18(27)22-13/h6-10,12,20,26H,2-5H2,1H3,(H2,22,24,27)/b11-6-,21-15?/t9-/m1/s1. The molecule has 0 aromatic carbocycles. The van der Waals surface area contributed by atoms with E-state index in [-0.39, 0.29) is 5.88 Å². The van der Waals surface area contributed by atoms with Crippen molar-refractivity contribution in [2.75, 3.05) is 5.32 Å². The van der Waals surface area contributed by atoms with Crippen LogP contribution in [0.15, 0.2) is 22.1 Å². The molecule has 1 atom stereocenters. The molecular weight excluding hydrogens is 346 g/mol. The summed E-state index contributed by atoms with van der Waals surface area (Å²) in [5.74, 6) is 1.26. The van der Waals surface area contributed by atoms with Crippen LogP contribution in [0.4, 0.5) is 5.82 Å². The van der Waals surface area contributed by atoms with Gasteiger partial charge in [0.15, 0.2) is 11.1 Å². The summed E-state index contributed by atoms with van der Waals surface area (Å²) in [6, 6.07) is 2.65. The third-order valence-corrected chi connectivity index (χ3v) is 5.08. The molecule has 140 valence electrons. The van der Waals surface area contributed by atoms with Gasteiger partial charge in [-0.05, 0) is 44.6 Å². The van der Waals surface area contributed by atoms with Gasteiger partial charge in [0, 0.05) is 17.3 Å². The Morgan fingerprint density at radius 3 is 2.85 bits per heavy atom. The molecule has 0 bridgehead atoms. The molecule has 9 nitrogen and oxygen atoms in total. The van der Waals surface area contributed by atoms with Gasteiger partial charge < -0.3 is 15.4 Å². The van der Waals surface area contributed by atoms with E-state index in [9.17, 15) is 9.90 Å². The minimum Gasteiger partial charge on any atom is -0.493 e. The van der Waals surface area contributed by atoms with Crippen molar-refractivity contribution in [1.82, 2.24) is 24.6 Å². The van der Waals surface area contributed by atoms with E-state index >= 15 is 0 Å². The van der Waals surface area contributed by atoms with Gasteiger partial charge >= 0.3 is 5.69 Å². The van der Waals surface area contributed by atoms with E-state index in [1.807, 2.05) is 6.07 Å². The zero-order chi connectivity index (χ0) is 18.5. The largest absolute Gasteiger partial charge is 0.493 e. The number of fused-ring (bicyclic) bond motifs is 1. The van der Waals surface area contributed by atoms with Crippen LogP contribution in [0.25, 0.3) is 11.7 Å². The molecule has 0 saturated heterocycles. The predicted octanol–water partition coefficient (Wildman–Crippen LogP) is 0.272. The Kier molecular flexibility index (Phi) is 3.56. The van der Waals surface area contributed by atoms with Crippen LogP contribution in [0, 0.1) is 5.92 Å². The molecule has 0 radical (unpaired) electrons.